The van der Waals surface area contributed by atoms with Crippen molar-refractivity contribution in [2.75, 3.05) is 13.2 Å². The van der Waals surface area contributed by atoms with Crippen molar-refractivity contribution in [1.29, 1.82) is 0 Å². The second-order valence-corrected chi connectivity index (χ2v) is 7.56. The van der Waals surface area contributed by atoms with Crippen LogP contribution in [0.4, 0.5) is 13.2 Å². The van der Waals surface area contributed by atoms with E-state index in [9.17, 15) is 27.9 Å². The van der Waals surface area contributed by atoms with E-state index in [1.54, 1.807) is 0 Å². The molecule has 2 N–H and O–H groups in total. The van der Waals surface area contributed by atoms with Crippen LogP contribution >= 0.6 is 22.7 Å². The lowest BCUT2D eigenvalue weighted by molar-refractivity contribution is -0.269. The summed E-state index contributed by atoms with van der Waals surface area (Å²) in [6, 6.07) is 3.77. The summed E-state index contributed by atoms with van der Waals surface area (Å²) in [5.41, 5.74) is -3.17. The van der Waals surface area contributed by atoms with Crippen molar-refractivity contribution >= 4 is 34.6 Å². The van der Waals surface area contributed by atoms with Crippen LogP contribution in [0, 0.1) is 6.92 Å². The third-order valence-electron chi connectivity index (χ3n) is 3.48. The maximum Gasteiger partial charge on any atom is 0.424 e. The number of thiazole rings is 1. The van der Waals surface area contributed by atoms with Crippen LogP contribution in [0.5, 0.6) is 0 Å². The highest BCUT2D eigenvalue weighted by atomic mass is 32.1. The summed E-state index contributed by atoms with van der Waals surface area (Å²) in [7, 11) is 0. The van der Waals surface area contributed by atoms with E-state index in [1.165, 1.54) is 23.6 Å². The molecule has 0 saturated heterocycles. The number of amides is 1. The maximum atomic E-state index is 13.3. The molecule has 1 amide bonds. The second-order valence-electron chi connectivity index (χ2n) is 5.67. The Balaban J connectivity index is 1.85. The molecule has 0 unspecified atom stereocenters. The molecule has 2 heterocycles. The SMILES string of the molecule is Cc1csc([C@@](O)(CC(=O)OCC(=O)NCCc2cccs2)C(F)(F)F)n1. The second kappa shape index (κ2) is 8.81. The van der Waals surface area contributed by atoms with Gasteiger partial charge >= 0.3 is 12.1 Å². The number of halogens is 3. The van der Waals surface area contributed by atoms with Crippen LogP contribution in [0.2, 0.25) is 0 Å². The number of aliphatic hydroxyl groups is 1. The van der Waals surface area contributed by atoms with Crippen LogP contribution in [-0.2, 0) is 26.3 Å². The number of hydrogen-bond acceptors (Lipinski definition) is 7. The number of rotatable bonds is 8. The zero-order chi connectivity index (χ0) is 20.1. The normalized spacial score (nSPS) is 13.8. The van der Waals surface area contributed by atoms with E-state index in [0.29, 0.717) is 24.3 Å². The zero-order valence-electron chi connectivity index (χ0n) is 14.2. The van der Waals surface area contributed by atoms with Gasteiger partial charge in [0.15, 0.2) is 6.61 Å². The number of esters is 1. The van der Waals surface area contributed by atoms with Gasteiger partial charge in [0.2, 0.25) is 5.60 Å². The van der Waals surface area contributed by atoms with E-state index in [2.05, 4.69) is 15.0 Å². The van der Waals surface area contributed by atoms with Gasteiger partial charge in [-0.2, -0.15) is 13.2 Å². The smallest absolute Gasteiger partial charge is 0.424 e. The number of carbonyl (C=O) groups is 2. The number of aromatic nitrogens is 1. The number of aryl methyl sites for hydroxylation is 1. The van der Waals surface area contributed by atoms with Gasteiger partial charge in [-0.05, 0) is 24.8 Å². The highest BCUT2D eigenvalue weighted by Crippen LogP contribution is 2.42. The average molecular weight is 422 g/mol. The maximum absolute atomic E-state index is 13.3. The molecule has 0 aliphatic rings. The van der Waals surface area contributed by atoms with E-state index in [0.717, 1.165) is 4.88 Å². The predicted molar refractivity (Wildman–Crippen MR) is 93.4 cm³/mol. The first-order chi connectivity index (χ1) is 12.6. The summed E-state index contributed by atoms with van der Waals surface area (Å²) in [5, 5.41) is 15.1. The minimum absolute atomic E-state index is 0.288. The minimum atomic E-state index is -5.13. The molecule has 0 fully saturated rings. The number of hydrogen-bond donors (Lipinski definition) is 2. The number of ether oxygens (including phenoxy) is 1. The number of alkyl halides is 3. The van der Waals surface area contributed by atoms with E-state index in [1.807, 2.05) is 17.5 Å². The van der Waals surface area contributed by atoms with Gasteiger partial charge in [0.05, 0.1) is 6.42 Å². The fourth-order valence-electron chi connectivity index (χ4n) is 2.08. The van der Waals surface area contributed by atoms with Gasteiger partial charge in [-0.25, -0.2) is 4.98 Å². The standard InChI is InChI=1S/C16H17F3N2O4S2/c1-10-9-27-14(21-10)15(24,16(17,18)19)7-13(23)25-8-12(22)20-5-4-11-3-2-6-26-11/h2-3,6,9,24H,4-5,7-8H2,1H3,(H,20,22)/t15-/m0/s1. The van der Waals surface area contributed by atoms with Gasteiger partial charge in [0.25, 0.3) is 5.91 Å². The van der Waals surface area contributed by atoms with Crippen molar-refractivity contribution in [3.05, 3.63) is 38.5 Å². The molecule has 2 rings (SSSR count). The molecule has 27 heavy (non-hydrogen) atoms. The Morgan fingerprint density at radius 2 is 2.07 bits per heavy atom. The lowest BCUT2D eigenvalue weighted by atomic mass is 10.00. The van der Waals surface area contributed by atoms with Crippen LogP contribution < -0.4 is 5.32 Å². The topological polar surface area (TPSA) is 88.5 Å². The molecule has 2 aromatic rings. The highest BCUT2D eigenvalue weighted by Gasteiger charge is 2.58. The third kappa shape index (κ3) is 5.75. The zero-order valence-corrected chi connectivity index (χ0v) is 15.8. The quantitative estimate of drug-likeness (QED) is 0.639. The molecule has 2 aromatic heterocycles. The Bertz CT molecular complexity index is 777. The lowest BCUT2D eigenvalue weighted by Gasteiger charge is -2.27. The van der Waals surface area contributed by atoms with Gasteiger partial charge < -0.3 is 15.2 Å². The Morgan fingerprint density at radius 1 is 1.33 bits per heavy atom. The van der Waals surface area contributed by atoms with E-state index in [-0.39, 0.29) is 5.69 Å². The van der Waals surface area contributed by atoms with Crippen molar-refractivity contribution in [1.82, 2.24) is 10.3 Å². The van der Waals surface area contributed by atoms with Crippen LogP contribution in [-0.4, -0.2) is 41.3 Å². The molecular formula is C16H17F3N2O4S2. The van der Waals surface area contributed by atoms with Crippen molar-refractivity contribution < 1.29 is 32.6 Å². The van der Waals surface area contributed by atoms with Crippen LogP contribution in [0.25, 0.3) is 0 Å². The molecule has 0 bridgehead atoms. The molecule has 0 saturated carbocycles. The summed E-state index contributed by atoms with van der Waals surface area (Å²) in [6.07, 6.45) is -5.92. The van der Waals surface area contributed by atoms with Gasteiger partial charge in [0.1, 0.15) is 5.01 Å². The fraction of sp³-hybridized carbons (Fsp3) is 0.438. The number of carbonyl (C=O) groups excluding carboxylic acids is 2. The first kappa shape index (κ1) is 21.3. The van der Waals surface area contributed by atoms with Crippen molar-refractivity contribution in [2.24, 2.45) is 0 Å². The molecule has 0 aliphatic carbocycles. The van der Waals surface area contributed by atoms with Gasteiger partial charge in [0, 0.05) is 22.5 Å². The molecule has 6 nitrogen and oxygen atoms in total. The van der Waals surface area contributed by atoms with E-state index >= 15 is 0 Å². The molecule has 0 aliphatic heterocycles. The molecule has 148 valence electrons. The average Bonchev–Trinajstić information content (AvgIpc) is 3.23. The molecular weight excluding hydrogens is 405 g/mol. The number of nitrogens with one attached hydrogen (secondary N) is 1. The van der Waals surface area contributed by atoms with E-state index < -0.39 is 41.7 Å². The van der Waals surface area contributed by atoms with Crippen molar-refractivity contribution in [2.45, 2.75) is 31.5 Å². The summed E-state index contributed by atoms with van der Waals surface area (Å²) in [5.74, 6) is -1.99. The third-order valence-corrected chi connectivity index (χ3v) is 5.53. The van der Waals surface area contributed by atoms with Crippen LogP contribution in [0.1, 0.15) is 22.0 Å². The van der Waals surface area contributed by atoms with Crippen molar-refractivity contribution in [3.63, 3.8) is 0 Å². The largest absolute Gasteiger partial charge is 0.455 e. The first-order valence-corrected chi connectivity index (χ1v) is 9.54. The molecule has 0 aromatic carbocycles. The lowest BCUT2D eigenvalue weighted by Crippen LogP contribution is -2.44. The van der Waals surface area contributed by atoms with Crippen molar-refractivity contribution in [3.8, 4) is 0 Å². The van der Waals surface area contributed by atoms with Gasteiger partial charge in [-0.3, -0.25) is 9.59 Å². The molecule has 0 radical (unpaired) electrons. The van der Waals surface area contributed by atoms with Gasteiger partial charge in [-0.15, -0.1) is 22.7 Å². The Hall–Kier alpha value is -1.98. The monoisotopic (exact) mass is 422 g/mol. The summed E-state index contributed by atoms with van der Waals surface area (Å²) < 4.78 is 44.4. The molecule has 11 heteroatoms. The van der Waals surface area contributed by atoms with Gasteiger partial charge in [-0.1, -0.05) is 6.07 Å². The summed E-state index contributed by atoms with van der Waals surface area (Å²) >= 11 is 2.12. The summed E-state index contributed by atoms with van der Waals surface area (Å²) in [6.45, 7) is 1.05. The summed E-state index contributed by atoms with van der Waals surface area (Å²) in [4.78, 5) is 28.1. The highest BCUT2D eigenvalue weighted by molar-refractivity contribution is 7.10. The molecule has 1 atom stereocenters. The van der Waals surface area contributed by atoms with Crippen LogP contribution in [0.15, 0.2) is 22.9 Å². The molecule has 0 spiro atoms. The Morgan fingerprint density at radius 3 is 2.63 bits per heavy atom. The number of nitrogens with zero attached hydrogens (tertiary/aromatic N) is 1. The first-order valence-electron chi connectivity index (χ1n) is 7.78. The fourth-order valence-corrected chi connectivity index (χ4v) is 3.70. The Kier molecular flexibility index (Phi) is 6.95. The van der Waals surface area contributed by atoms with Crippen LogP contribution in [0.3, 0.4) is 0 Å². The minimum Gasteiger partial charge on any atom is -0.455 e. The Labute approximate surface area is 161 Å². The predicted octanol–water partition coefficient (Wildman–Crippen LogP) is 2.56. The van der Waals surface area contributed by atoms with E-state index in [4.69, 9.17) is 0 Å². The number of thiophene rings is 1.